The van der Waals surface area contributed by atoms with Crippen LogP contribution in [0.2, 0.25) is 0 Å². The molecule has 30 heavy (non-hydrogen) atoms. The lowest BCUT2D eigenvalue weighted by molar-refractivity contribution is -0.132. The van der Waals surface area contributed by atoms with Crippen LogP contribution in [0.1, 0.15) is 11.1 Å². The van der Waals surface area contributed by atoms with Crippen LogP contribution in [0.4, 0.5) is 8.78 Å². The third kappa shape index (κ3) is 4.94. The summed E-state index contributed by atoms with van der Waals surface area (Å²) in [5.74, 6) is -3.43. The topological polar surface area (TPSA) is 74.7 Å². The number of nitrogens with zero attached hydrogens (tertiary/aromatic N) is 1. The molecule has 0 aromatic heterocycles. The van der Waals surface area contributed by atoms with Crippen LogP contribution in [0.25, 0.3) is 12.2 Å². The van der Waals surface area contributed by atoms with Crippen molar-refractivity contribution in [1.29, 1.82) is 0 Å². The molecule has 0 aliphatic carbocycles. The van der Waals surface area contributed by atoms with Crippen LogP contribution in [-0.2, 0) is 14.4 Å². The monoisotopic (exact) mass is 409 g/mol. The summed E-state index contributed by atoms with van der Waals surface area (Å²) in [7, 11) is 0. The Balaban J connectivity index is 2.03. The number of amides is 1. The predicted octanol–water partition coefficient (Wildman–Crippen LogP) is 3.48. The minimum Gasteiger partial charge on any atom is -0.478 e. The van der Waals surface area contributed by atoms with Crippen molar-refractivity contribution in [3.05, 3.63) is 94.6 Å². The standard InChI is InChI=1S/C23H17F2NO4/c24-19-7-3-1-5-15(19)11-17-13-26(21(27)9-10-22(28)29)14-18(23(17)30)12-16-6-2-4-8-20(16)25/h1-12H,13-14H2,(H,28,29)/b10-9+,17-11+,18-12+. The van der Waals surface area contributed by atoms with Crippen molar-refractivity contribution in [2.45, 2.75) is 0 Å². The molecular weight excluding hydrogens is 392 g/mol. The second-order valence-corrected chi connectivity index (χ2v) is 6.58. The van der Waals surface area contributed by atoms with Gasteiger partial charge in [-0.1, -0.05) is 36.4 Å². The molecule has 0 atom stereocenters. The van der Waals surface area contributed by atoms with Crippen LogP contribution >= 0.6 is 0 Å². The number of ketones is 1. The van der Waals surface area contributed by atoms with Gasteiger partial charge in [0.1, 0.15) is 11.6 Å². The van der Waals surface area contributed by atoms with Crippen LogP contribution < -0.4 is 0 Å². The second kappa shape index (κ2) is 9.09. The van der Waals surface area contributed by atoms with Crippen LogP contribution in [-0.4, -0.2) is 40.8 Å². The number of carboxylic acids is 1. The van der Waals surface area contributed by atoms with E-state index >= 15 is 0 Å². The van der Waals surface area contributed by atoms with E-state index in [1.54, 1.807) is 12.1 Å². The molecule has 1 heterocycles. The van der Waals surface area contributed by atoms with Gasteiger partial charge in [-0.3, -0.25) is 9.59 Å². The number of carboxylic acid groups (broad SMARTS) is 1. The zero-order valence-electron chi connectivity index (χ0n) is 15.7. The van der Waals surface area contributed by atoms with E-state index in [1.165, 1.54) is 53.5 Å². The first kappa shape index (κ1) is 20.9. The number of hydrogen-bond donors (Lipinski definition) is 1. The SMILES string of the molecule is O=C(O)/C=C/C(=O)N1C/C(=C\c2ccccc2F)C(=O)/C(=C/c2ccccc2F)C1. The first-order valence-corrected chi connectivity index (χ1v) is 9.00. The zero-order valence-corrected chi connectivity index (χ0v) is 15.7. The van der Waals surface area contributed by atoms with Crippen molar-refractivity contribution in [3.8, 4) is 0 Å². The molecule has 3 rings (SSSR count). The Bertz CT molecular complexity index is 1030. The molecule has 0 spiro atoms. The maximum Gasteiger partial charge on any atom is 0.328 e. The molecule has 0 bridgehead atoms. The first-order chi connectivity index (χ1) is 14.3. The van der Waals surface area contributed by atoms with Gasteiger partial charge >= 0.3 is 5.97 Å². The molecule has 7 heteroatoms. The molecule has 1 fully saturated rings. The summed E-state index contributed by atoms with van der Waals surface area (Å²) in [6, 6.07) is 11.7. The van der Waals surface area contributed by atoms with Gasteiger partial charge in [0.15, 0.2) is 5.78 Å². The Kier molecular flexibility index (Phi) is 6.32. The Morgan fingerprint density at radius 2 is 1.30 bits per heavy atom. The fourth-order valence-electron chi connectivity index (χ4n) is 3.00. The van der Waals surface area contributed by atoms with Crippen LogP contribution in [0.5, 0.6) is 0 Å². The van der Waals surface area contributed by atoms with Gasteiger partial charge in [0.05, 0.1) is 13.1 Å². The normalized spacial score (nSPS) is 17.1. The Hall–Kier alpha value is -3.87. The highest BCUT2D eigenvalue weighted by molar-refractivity contribution is 6.15. The van der Waals surface area contributed by atoms with Gasteiger partial charge in [-0.05, 0) is 24.3 Å². The zero-order chi connectivity index (χ0) is 21.7. The summed E-state index contributed by atoms with van der Waals surface area (Å²) in [6.07, 6.45) is 4.25. The van der Waals surface area contributed by atoms with E-state index in [2.05, 4.69) is 0 Å². The highest BCUT2D eigenvalue weighted by Crippen LogP contribution is 2.24. The number of aliphatic carboxylic acids is 1. The van der Waals surface area contributed by atoms with Crippen LogP contribution in [0, 0.1) is 11.6 Å². The third-order valence-corrected chi connectivity index (χ3v) is 4.46. The van der Waals surface area contributed by atoms with Crippen molar-refractivity contribution in [3.63, 3.8) is 0 Å². The fraction of sp³-hybridized carbons (Fsp3) is 0.0870. The minimum absolute atomic E-state index is 0.131. The van der Waals surface area contributed by atoms with Crippen molar-refractivity contribution in [2.24, 2.45) is 0 Å². The average Bonchev–Trinajstić information content (AvgIpc) is 2.72. The van der Waals surface area contributed by atoms with Gasteiger partial charge in [0.25, 0.3) is 0 Å². The number of piperidine rings is 1. The molecule has 1 saturated heterocycles. The van der Waals surface area contributed by atoms with Crippen molar-refractivity contribution >= 4 is 29.8 Å². The Labute approximate surface area is 171 Å². The fourth-order valence-corrected chi connectivity index (χ4v) is 3.00. The predicted molar refractivity (Wildman–Crippen MR) is 107 cm³/mol. The highest BCUT2D eigenvalue weighted by Gasteiger charge is 2.28. The minimum atomic E-state index is -1.29. The lowest BCUT2D eigenvalue weighted by atomic mass is 9.94. The number of likely N-dealkylation sites (tertiary alicyclic amines) is 1. The number of hydrogen-bond acceptors (Lipinski definition) is 3. The maximum absolute atomic E-state index is 14.1. The second-order valence-electron chi connectivity index (χ2n) is 6.58. The van der Waals surface area contributed by atoms with Gasteiger partial charge in [0, 0.05) is 34.4 Å². The van der Waals surface area contributed by atoms with E-state index in [0.29, 0.717) is 6.08 Å². The molecule has 152 valence electrons. The van der Waals surface area contributed by atoms with Crippen molar-refractivity contribution in [1.82, 2.24) is 4.90 Å². The maximum atomic E-state index is 14.1. The first-order valence-electron chi connectivity index (χ1n) is 9.00. The van der Waals surface area contributed by atoms with Gasteiger partial charge in [-0.15, -0.1) is 0 Å². The summed E-state index contributed by atoms with van der Waals surface area (Å²) in [4.78, 5) is 37.3. The van der Waals surface area contributed by atoms with E-state index in [1.807, 2.05) is 0 Å². The number of rotatable bonds is 4. The molecule has 0 unspecified atom stereocenters. The average molecular weight is 409 g/mol. The molecule has 1 aliphatic rings. The molecular formula is C23H17F2NO4. The van der Waals surface area contributed by atoms with Gasteiger partial charge in [0.2, 0.25) is 5.91 Å². The van der Waals surface area contributed by atoms with Crippen LogP contribution in [0.3, 0.4) is 0 Å². The smallest absolute Gasteiger partial charge is 0.328 e. The molecule has 2 aromatic carbocycles. The van der Waals surface area contributed by atoms with Crippen molar-refractivity contribution in [2.75, 3.05) is 13.1 Å². The summed E-state index contributed by atoms with van der Waals surface area (Å²) in [5, 5.41) is 8.74. The molecule has 0 saturated carbocycles. The van der Waals surface area contributed by atoms with Crippen molar-refractivity contribution < 1.29 is 28.3 Å². The van der Waals surface area contributed by atoms with Gasteiger partial charge < -0.3 is 10.0 Å². The largest absolute Gasteiger partial charge is 0.478 e. The summed E-state index contributed by atoms with van der Waals surface area (Å²) in [5.41, 5.74) is 0.597. The summed E-state index contributed by atoms with van der Waals surface area (Å²) in [6.45, 7) is -0.269. The van der Waals surface area contributed by atoms with Crippen LogP contribution in [0.15, 0.2) is 71.8 Å². The van der Waals surface area contributed by atoms with E-state index in [-0.39, 0.29) is 35.4 Å². The Morgan fingerprint density at radius 1 is 0.833 bits per heavy atom. The van der Waals surface area contributed by atoms with E-state index in [4.69, 9.17) is 5.11 Å². The molecule has 0 radical (unpaired) electrons. The Morgan fingerprint density at radius 3 is 1.73 bits per heavy atom. The number of halogens is 2. The quantitative estimate of drug-likeness (QED) is 0.785. The molecule has 1 aliphatic heterocycles. The number of Topliss-reactive ketones (excluding diaryl/α,β-unsaturated/α-hetero) is 1. The van der Waals surface area contributed by atoms with E-state index in [9.17, 15) is 23.2 Å². The number of carbonyl (C=O) groups excluding carboxylic acids is 2. The number of carbonyl (C=O) groups is 3. The third-order valence-electron chi connectivity index (χ3n) is 4.46. The summed E-state index contributed by atoms with van der Waals surface area (Å²) >= 11 is 0. The van der Waals surface area contributed by atoms with Gasteiger partial charge in [-0.25, -0.2) is 13.6 Å². The lowest BCUT2D eigenvalue weighted by Crippen LogP contribution is -2.41. The lowest BCUT2D eigenvalue weighted by Gasteiger charge is -2.29. The molecule has 1 N–H and O–H groups in total. The van der Waals surface area contributed by atoms with E-state index < -0.39 is 29.3 Å². The van der Waals surface area contributed by atoms with E-state index in [0.717, 1.165) is 6.08 Å². The van der Waals surface area contributed by atoms with Gasteiger partial charge in [-0.2, -0.15) is 0 Å². The molecule has 1 amide bonds. The highest BCUT2D eigenvalue weighted by atomic mass is 19.1. The molecule has 5 nitrogen and oxygen atoms in total. The summed E-state index contributed by atoms with van der Waals surface area (Å²) < 4.78 is 28.1. The molecule has 2 aromatic rings. The number of benzene rings is 2.